The fourth-order valence-corrected chi connectivity index (χ4v) is 13.6. The van der Waals surface area contributed by atoms with Crippen LogP contribution in [0.25, 0.3) is 100 Å². The lowest BCUT2D eigenvalue weighted by atomic mass is 9.86. The van der Waals surface area contributed by atoms with Crippen LogP contribution in [0.15, 0.2) is 237 Å². The Labute approximate surface area is 432 Å². The number of benzene rings is 10. The van der Waals surface area contributed by atoms with Crippen molar-refractivity contribution in [3.63, 3.8) is 0 Å². The van der Waals surface area contributed by atoms with E-state index in [1.54, 1.807) is 0 Å². The van der Waals surface area contributed by atoms with Crippen LogP contribution in [0.2, 0.25) is 58.9 Å². The maximum Gasteiger partial charge on any atom is 0.0775 e. The Morgan fingerprint density at radius 1 is 0.167 bits per heavy atom. The Bertz CT molecular complexity index is 3100. The van der Waals surface area contributed by atoms with Crippen LogP contribution in [0, 0.1) is 0 Å². The molecular weight excluding hydrogens is 913 g/mol. The Morgan fingerprint density at radius 2 is 0.319 bits per heavy atom. The average molecular weight is 980 g/mol. The van der Waals surface area contributed by atoms with Crippen molar-refractivity contribution in [1.29, 1.82) is 0 Å². The van der Waals surface area contributed by atoms with Crippen molar-refractivity contribution in [1.82, 2.24) is 0 Å². The van der Waals surface area contributed by atoms with Crippen LogP contribution in [0.4, 0.5) is 0 Å². The van der Waals surface area contributed by atoms with Gasteiger partial charge in [-0.1, -0.05) is 293 Å². The third kappa shape index (κ3) is 10.4. The summed E-state index contributed by atoms with van der Waals surface area (Å²) in [4.78, 5) is 0. The van der Waals surface area contributed by atoms with E-state index in [2.05, 4.69) is 296 Å². The van der Waals surface area contributed by atoms with Gasteiger partial charge in [0, 0.05) is 0 Å². The van der Waals surface area contributed by atoms with E-state index >= 15 is 0 Å². The molecule has 72 heavy (non-hydrogen) atoms. The third-order valence-corrected chi connectivity index (χ3v) is 20.7. The summed E-state index contributed by atoms with van der Waals surface area (Å²) in [5, 5.41) is 4.45. The van der Waals surface area contributed by atoms with E-state index in [4.69, 9.17) is 0 Å². The zero-order chi connectivity index (χ0) is 50.2. The molecule has 0 aliphatic heterocycles. The van der Waals surface area contributed by atoms with Crippen LogP contribution < -0.4 is 15.6 Å². The Balaban J connectivity index is 1.07. The van der Waals surface area contributed by atoms with Gasteiger partial charge in [0.25, 0.3) is 0 Å². The van der Waals surface area contributed by atoms with Crippen LogP contribution >= 0.6 is 0 Å². The SMILES string of the molecule is C[Si](C)(C)c1ccc(-c2ccc(-c3ccccc3-c3cc(-c4ccccc4-c4ccc(-c5ccc([Si](C)(C)C)cc5)cc4)cc(-c4ccccc4-c4ccc(-c5ccc([Si](C)(C)C)cc5)cc4)c3)cc2)cc1. The van der Waals surface area contributed by atoms with Gasteiger partial charge in [0.1, 0.15) is 0 Å². The quantitative estimate of drug-likeness (QED) is 0.107. The minimum atomic E-state index is -1.38. The van der Waals surface area contributed by atoms with Crippen LogP contribution in [0.3, 0.4) is 0 Å². The van der Waals surface area contributed by atoms with Crippen molar-refractivity contribution in [2.75, 3.05) is 0 Å². The maximum atomic E-state index is 2.41. The van der Waals surface area contributed by atoms with Crippen molar-refractivity contribution in [2.24, 2.45) is 0 Å². The van der Waals surface area contributed by atoms with E-state index < -0.39 is 24.2 Å². The molecule has 0 saturated carbocycles. The molecule has 10 rings (SSSR count). The van der Waals surface area contributed by atoms with Gasteiger partial charge in [0.15, 0.2) is 0 Å². The zero-order valence-electron chi connectivity index (χ0n) is 43.5. The average Bonchev–Trinajstić information content (AvgIpc) is 3.40. The zero-order valence-corrected chi connectivity index (χ0v) is 46.5. The molecule has 0 bridgehead atoms. The number of hydrogen-bond acceptors (Lipinski definition) is 0. The highest BCUT2D eigenvalue weighted by Crippen LogP contribution is 2.43. The summed E-state index contributed by atoms with van der Waals surface area (Å²) in [6.07, 6.45) is 0. The molecule has 354 valence electrons. The Morgan fingerprint density at radius 3 is 0.500 bits per heavy atom. The molecule has 0 spiro atoms. The first kappa shape index (κ1) is 48.5. The van der Waals surface area contributed by atoms with E-state index in [1.165, 1.54) is 116 Å². The standard InChI is InChI=1S/C69H66Si3/c1-70(2,3)61-40-34-52(35-41-61)49-22-28-55(29-23-49)64-16-10-13-19-67(64)58-46-59(68-20-14-11-17-65(68)56-30-24-50(25-31-56)53-36-42-62(43-37-53)71(4,5)6)48-60(47-58)69-21-15-12-18-66(69)57-32-26-51(27-33-57)54-38-44-63(45-39-54)72(7,8)9/h10-48H,1-9H3. The molecule has 0 saturated heterocycles. The van der Waals surface area contributed by atoms with Gasteiger partial charge in [-0.2, -0.15) is 0 Å². The van der Waals surface area contributed by atoms with Crippen molar-refractivity contribution in [2.45, 2.75) is 58.9 Å². The van der Waals surface area contributed by atoms with Crippen LogP contribution in [-0.4, -0.2) is 24.2 Å². The van der Waals surface area contributed by atoms with Crippen LogP contribution in [-0.2, 0) is 0 Å². The van der Waals surface area contributed by atoms with Gasteiger partial charge in [0.2, 0.25) is 0 Å². The Hall–Kier alpha value is -7.15. The molecule has 0 fully saturated rings. The van der Waals surface area contributed by atoms with Gasteiger partial charge in [-0.3, -0.25) is 0 Å². The van der Waals surface area contributed by atoms with E-state index in [0.717, 1.165) is 0 Å². The normalized spacial score (nSPS) is 12.0. The molecule has 0 N–H and O–H groups in total. The summed E-state index contributed by atoms with van der Waals surface area (Å²) in [7, 11) is -4.14. The molecule has 0 radical (unpaired) electrons. The van der Waals surface area contributed by atoms with E-state index in [0.29, 0.717) is 0 Å². The third-order valence-electron chi connectivity index (χ3n) is 14.5. The summed E-state index contributed by atoms with van der Waals surface area (Å²) in [5.41, 5.74) is 21.9. The second-order valence-electron chi connectivity index (χ2n) is 22.6. The second-order valence-corrected chi connectivity index (χ2v) is 37.9. The topological polar surface area (TPSA) is 0 Å². The molecular formula is C69H66Si3. The first-order chi connectivity index (χ1) is 34.6. The van der Waals surface area contributed by atoms with Crippen molar-refractivity contribution in [3.8, 4) is 100 Å². The van der Waals surface area contributed by atoms with E-state index in [1.807, 2.05) is 0 Å². The molecule has 10 aromatic rings. The summed E-state index contributed by atoms with van der Waals surface area (Å²) in [5.74, 6) is 0. The molecule has 0 nitrogen and oxygen atoms in total. The van der Waals surface area contributed by atoms with Gasteiger partial charge >= 0.3 is 0 Å². The highest BCUT2D eigenvalue weighted by atomic mass is 28.3. The van der Waals surface area contributed by atoms with Gasteiger partial charge in [0.05, 0.1) is 24.2 Å². The monoisotopic (exact) mass is 978 g/mol. The van der Waals surface area contributed by atoms with E-state index in [9.17, 15) is 0 Å². The molecule has 0 amide bonds. The smallest absolute Gasteiger partial charge is 0.0656 e. The lowest BCUT2D eigenvalue weighted by molar-refractivity contribution is 1.53. The highest BCUT2D eigenvalue weighted by molar-refractivity contribution is 6.89. The lowest BCUT2D eigenvalue weighted by Gasteiger charge is -2.18. The minimum absolute atomic E-state index is 1.18. The maximum absolute atomic E-state index is 2.41. The summed E-state index contributed by atoms with van der Waals surface area (Å²) >= 11 is 0. The van der Waals surface area contributed by atoms with Crippen LogP contribution in [0.1, 0.15) is 0 Å². The highest BCUT2D eigenvalue weighted by Gasteiger charge is 2.20. The molecule has 0 aliphatic rings. The first-order valence-electron chi connectivity index (χ1n) is 25.6. The molecule has 0 aliphatic carbocycles. The van der Waals surface area contributed by atoms with Gasteiger partial charge in [-0.05, 0) is 118 Å². The van der Waals surface area contributed by atoms with Crippen molar-refractivity contribution in [3.05, 3.63) is 237 Å². The second kappa shape index (κ2) is 19.8. The van der Waals surface area contributed by atoms with Gasteiger partial charge in [-0.15, -0.1) is 0 Å². The molecule has 0 atom stereocenters. The number of hydrogen-bond donors (Lipinski definition) is 0. The fourth-order valence-electron chi connectivity index (χ4n) is 10.1. The first-order valence-corrected chi connectivity index (χ1v) is 36.1. The predicted molar refractivity (Wildman–Crippen MR) is 324 cm³/mol. The Kier molecular flexibility index (Phi) is 13.3. The van der Waals surface area contributed by atoms with Crippen LogP contribution in [0.5, 0.6) is 0 Å². The molecule has 0 aromatic heterocycles. The van der Waals surface area contributed by atoms with Crippen molar-refractivity contribution >= 4 is 39.8 Å². The molecule has 0 heterocycles. The van der Waals surface area contributed by atoms with Crippen molar-refractivity contribution < 1.29 is 0 Å². The summed E-state index contributed by atoms with van der Waals surface area (Å²) in [6, 6.07) is 89.2. The summed E-state index contributed by atoms with van der Waals surface area (Å²) in [6.45, 7) is 21.7. The van der Waals surface area contributed by atoms with Gasteiger partial charge in [-0.25, -0.2) is 0 Å². The molecule has 3 heteroatoms. The number of rotatable bonds is 12. The van der Waals surface area contributed by atoms with E-state index in [-0.39, 0.29) is 0 Å². The molecule has 10 aromatic carbocycles. The molecule has 0 unspecified atom stereocenters. The minimum Gasteiger partial charge on any atom is -0.0656 e. The summed E-state index contributed by atoms with van der Waals surface area (Å²) < 4.78 is 0. The fraction of sp³-hybridized carbons (Fsp3) is 0.130. The lowest BCUT2D eigenvalue weighted by Crippen LogP contribution is -2.37. The predicted octanol–water partition coefficient (Wildman–Crippen LogP) is 18.3. The largest absolute Gasteiger partial charge is 0.0775 e. The van der Waals surface area contributed by atoms with Gasteiger partial charge < -0.3 is 0 Å².